The van der Waals surface area contributed by atoms with Crippen molar-refractivity contribution >= 4 is 12.4 Å². The van der Waals surface area contributed by atoms with E-state index in [1.165, 1.54) is 0 Å². The van der Waals surface area contributed by atoms with Crippen LogP contribution in [-0.4, -0.2) is 19.5 Å². The zero-order valence-corrected chi connectivity index (χ0v) is 6.18. The number of hydrogen-bond acceptors (Lipinski definition) is 2. The molecule has 0 aromatic carbocycles. The summed E-state index contributed by atoms with van der Waals surface area (Å²) < 4.78 is 0. The Morgan fingerprint density at radius 3 is 2.33 bits per heavy atom. The number of allylic oxidation sites excluding steroid dienone is 2. The van der Waals surface area contributed by atoms with Crippen LogP contribution in [0.3, 0.4) is 0 Å². The van der Waals surface area contributed by atoms with Crippen LogP contribution < -0.4 is 0 Å². The van der Waals surface area contributed by atoms with Gasteiger partial charge in [0.2, 0.25) is 0 Å². The lowest BCUT2D eigenvalue weighted by Crippen LogP contribution is -1.83. The van der Waals surface area contributed by atoms with Crippen LogP contribution in [0.25, 0.3) is 0 Å². The van der Waals surface area contributed by atoms with Crippen molar-refractivity contribution in [1.29, 1.82) is 0 Å². The summed E-state index contributed by atoms with van der Waals surface area (Å²) in [4.78, 5) is 7.64. The third-order valence-corrected chi connectivity index (χ3v) is 1.02. The van der Waals surface area contributed by atoms with E-state index in [9.17, 15) is 0 Å². The summed E-state index contributed by atoms with van der Waals surface area (Å²) in [5.41, 5.74) is 1.87. The van der Waals surface area contributed by atoms with E-state index in [2.05, 4.69) is 16.7 Å². The van der Waals surface area contributed by atoms with Crippen LogP contribution in [-0.2, 0) is 0 Å². The minimum atomic E-state index is 0.901. The molecular weight excluding hydrogens is 112 g/mol. The summed E-state index contributed by atoms with van der Waals surface area (Å²) in [7, 11) is 1.75. The van der Waals surface area contributed by atoms with E-state index < -0.39 is 0 Å². The van der Waals surface area contributed by atoms with Crippen molar-refractivity contribution in [3.05, 3.63) is 11.8 Å². The first-order chi connectivity index (χ1) is 4.20. The summed E-state index contributed by atoms with van der Waals surface area (Å²) in [5, 5.41) is 0. The predicted molar refractivity (Wildman–Crippen MR) is 42.3 cm³/mol. The van der Waals surface area contributed by atoms with Crippen LogP contribution >= 0.6 is 0 Å². The highest BCUT2D eigenvalue weighted by atomic mass is 14.7. The summed E-state index contributed by atoms with van der Waals surface area (Å²) in [5.74, 6) is 0. The molecule has 0 spiro atoms. The third kappa shape index (κ3) is 3.64. The fourth-order valence-corrected chi connectivity index (χ4v) is 0.412. The molecule has 0 saturated carbocycles. The molecule has 0 aliphatic carbocycles. The van der Waals surface area contributed by atoms with Crippen LogP contribution in [0.15, 0.2) is 21.8 Å². The van der Waals surface area contributed by atoms with E-state index in [4.69, 9.17) is 0 Å². The summed E-state index contributed by atoms with van der Waals surface area (Å²) in [6.45, 7) is 7.19. The molecule has 0 radical (unpaired) electrons. The van der Waals surface area contributed by atoms with Gasteiger partial charge in [-0.1, -0.05) is 0 Å². The van der Waals surface area contributed by atoms with Gasteiger partial charge in [-0.25, -0.2) is 0 Å². The molecular formula is C7H12N2. The first kappa shape index (κ1) is 8.08. The molecule has 50 valence electrons. The van der Waals surface area contributed by atoms with Crippen LogP contribution in [0.4, 0.5) is 0 Å². The number of aliphatic imine (C=N–C) groups is 2. The highest BCUT2D eigenvalue weighted by Gasteiger charge is 1.82. The molecule has 0 saturated heterocycles. The van der Waals surface area contributed by atoms with E-state index >= 15 is 0 Å². The molecule has 0 atom stereocenters. The average molecular weight is 124 g/mol. The van der Waals surface area contributed by atoms with Crippen molar-refractivity contribution in [2.24, 2.45) is 9.98 Å². The summed E-state index contributed by atoms with van der Waals surface area (Å²) >= 11 is 0. The first-order valence-electron chi connectivity index (χ1n) is 2.79. The molecule has 0 amide bonds. The van der Waals surface area contributed by atoms with E-state index in [1.54, 1.807) is 7.05 Å². The third-order valence-electron chi connectivity index (χ3n) is 1.02. The topological polar surface area (TPSA) is 24.7 Å². The van der Waals surface area contributed by atoms with Crippen molar-refractivity contribution in [2.75, 3.05) is 7.05 Å². The molecule has 0 aliphatic heterocycles. The molecule has 2 heteroatoms. The molecule has 0 rings (SSSR count). The highest BCUT2D eigenvalue weighted by molar-refractivity contribution is 5.93. The molecule has 9 heavy (non-hydrogen) atoms. The largest absolute Gasteiger partial charge is 0.293 e. The van der Waals surface area contributed by atoms with Crippen molar-refractivity contribution < 1.29 is 0 Å². The SMILES string of the molecule is C=NC(C)=CC(C)=NC. The average Bonchev–Trinajstić information content (AvgIpc) is 1.87. The van der Waals surface area contributed by atoms with Gasteiger partial charge in [0, 0.05) is 18.5 Å². The molecule has 0 aromatic rings. The fourth-order valence-electron chi connectivity index (χ4n) is 0.412. The zero-order valence-electron chi connectivity index (χ0n) is 6.18. The highest BCUT2D eigenvalue weighted by Crippen LogP contribution is 1.92. The van der Waals surface area contributed by atoms with Crippen molar-refractivity contribution in [1.82, 2.24) is 0 Å². The molecule has 0 N–H and O–H groups in total. The van der Waals surface area contributed by atoms with Gasteiger partial charge in [-0.05, 0) is 26.6 Å². The maximum absolute atomic E-state index is 3.93. The Morgan fingerprint density at radius 1 is 1.44 bits per heavy atom. The monoisotopic (exact) mass is 124 g/mol. The van der Waals surface area contributed by atoms with Crippen molar-refractivity contribution in [3.63, 3.8) is 0 Å². The first-order valence-corrected chi connectivity index (χ1v) is 2.79. The normalized spacial score (nSPS) is 13.7. The van der Waals surface area contributed by atoms with Gasteiger partial charge in [-0.2, -0.15) is 0 Å². The van der Waals surface area contributed by atoms with Gasteiger partial charge in [-0.3, -0.25) is 9.98 Å². The lowest BCUT2D eigenvalue weighted by atomic mass is 10.3. The minimum Gasteiger partial charge on any atom is -0.293 e. The molecule has 0 fully saturated rings. The van der Waals surface area contributed by atoms with E-state index in [0.29, 0.717) is 0 Å². The van der Waals surface area contributed by atoms with Gasteiger partial charge in [0.1, 0.15) is 0 Å². The lowest BCUT2D eigenvalue weighted by Gasteiger charge is -1.88. The van der Waals surface area contributed by atoms with Gasteiger partial charge in [0.15, 0.2) is 0 Å². The Labute approximate surface area is 56.0 Å². The fraction of sp³-hybridized carbons (Fsp3) is 0.429. The molecule has 0 aromatic heterocycles. The van der Waals surface area contributed by atoms with E-state index in [-0.39, 0.29) is 0 Å². The van der Waals surface area contributed by atoms with Gasteiger partial charge >= 0.3 is 0 Å². The molecule has 0 unspecified atom stereocenters. The second-order valence-electron chi connectivity index (χ2n) is 1.81. The van der Waals surface area contributed by atoms with Crippen LogP contribution in [0.2, 0.25) is 0 Å². The molecule has 0 aliphatic rings. The number of nitrogens with zero attached hydrogens (tertiary/aromatic N) is 2. The van der Waals surface area contributed by atoms with Crippen LogP contribution in [0.5, 0.6) is 0 Å². The molecule has 2 nitrogen and oxygen atoms in total. The zero-order chi connectivity index (χ0) is 7.28. The Kier molecular flexibility index (Phi) is 3.60. The molecule has 0 bridgehead atoms. The Bertz CT molecular complexity index is 154. The maximum Gasteiger partial charge on any atom is 0.0383 e. The van der Waals surface area contributed by atoms with Crippen LogP contribution in [0.1, 0.15) is 13.8 Å². The minimum absolute atomic E-state index is 0.901. The summed E-state index contributed by atoms with van der Waals surface area (Å²) in [6.07, 6.45) is 1.88. The number of hydrogen-bond donors (Lipinski definition) is 0. The Balaban J connectivity index is 4.11. The standard InChI is InChI=1S/C7H12N2/c1-6(8-3)5-7(2)9-4/h5H,3H2,1-2,4H3. The lowest BCUT2D eigenvalue weighted by molar-refractivity contribution is 1.32. The molecule has 0 heterocycles. The number of rotatable bonds is 2. The Hall–Kier alpha value is -0.920. The van der Waals surface area contributed by atoms with Crippen molar-refractivity contribution in [3.8, 4) is 0 Å². The second-order valence-corrected chi connectivity index (χ2v) is 1.81. The maximum atomic E-state index is 3.93. The second kappa shape index (κ2) is 4.01. The quantitative estimate of drug-likeness (QED) is 0.500. The smallest absolute Gasteiger partial charge is 0.0383 e. The van der Waals surface area contributed by atoms with E-state index in [0.717, 1.165) is 11.4 Å². The van der Waals surface area contributed by atoms with E-state index in [1.807, 2.05) is 19.9 Å². The van der Waals surface area contributed by atoms with Gasteiger partial charge in [0.05, 0.1) is 0 Å². The van der Waals surface area contributed by atoms with Gasteiger partial charge in [-0.15, -0.1) is 0 Å². The van der Waals surface area contributed by atoms with Crippen LogP contribution in [0, 0.1) is 0 Å². The summed E-state index contributed by atoms with van der Waals surface area (Å²) in [6, 6.07) is 0. The van der Waals surface area contributed by atoms with Gasteiger partial charge < -0.3 is 0 Å². The van der Waals surface area contributed by atoms with Gasteiger partial charge in [0.25, 0.3) is 0 Å². The predicted octanol–water partition coefficient (Wildman–Crippen LogP) is 1.68. The Morgan fingerprint density at radius 2 is 2.00 bits per heavy atom. The van der Waals surface area contributed by atoms with Crippen molar-refractivity contribution in [2.45, 2.75) is 13.8 Å².